The number of benzene rings is 3. The summed E-state index contributed by atoms with van der Waals surface area (Å²) in [6, 6.07) is 23.2. The van der Waals surface area contributed by atoms with Crippen LogP contribution in [-0.2, 0) is 0 Å². The number of carbonyl (C=O) groups is 1. The molecule has 0 radical (unpaired) electrons. The smallest absolute Gasteiger partial charge is 0.255 e. The van der Waals surface area contributed by atoms with E-state index in [0.717, 1.165) is 33.7 Å². The molecule has 1 unspecified atom stereocenters. The Balaban J connectivity index is 1.25. The van der Waals surface area contributed by atoms with E-state index in [4.69, 9.17) is 11.6 Å². The van der Waals surface area contributed by atoms with Crippen LogP contribution in [0.25, 0.3) is 10.9 Å². The van der Waals surface area contributed by atoms with Crippen LogP contribution in [0.15, 0.2) is 102 Å². The number of fused-ring (bicyclic) bond motifs is 1. The average molecular weight is 525 g/mol. The molecule has 3 aromatic carbocycles. The third kappa shape index (κ3) is 5.74. The van der Waals surface area contributed by atoms with Gasteiger partial charge in [0.2, 0.25) is 0 Å². The van der Waals surface area contributed by atoms with Crippen molar-refractivity contribution in [1.29, 1.82) is 0 Å². The van der Waals surface area contributed by atoms with Gasteiger partial charge in [0.15, 0.2) is 0 Å². The van der Waals surface area contributed by atoms with Crippen molar-refractivity contribution in [3.05, 3.63) is 108 Å². The zero-order valence-corrected chi connectivity index (χ0v) is 22.2. The molecular weight excluding hydrogens is 496 g/mol. The number of hydrogen-bond donors (Lipinski definition) is 3. The number of anilines is 5. The molecule has 1 aliphatic rings. The molecule has 0 saturated heterocycles. The van der Waals surface area contributed by atoms with Gasteiger partial charge in [0, 0.05) is 78.0 Å². The number of nitrogens with one attached hydrogen (secondary N) is 3. The molecule has 0 aliphatic carbocycles. The first-order valence-corrected chi connectivity index (χ1v) is 12.6. The Labute approximate surface area is 227 Å². The molecule has 7 nitrogen and oxygen atoms in total. The van der Waals surface area contributed by atoms with Crippen molar-refractivity contribution >= 4 is 56.8 Å². The van der Waals surface area contributed by atoms with Crippen molar-refractivity contribution in [3.8, 4) is 0 Å². The Morgan fingerprint density at radius 1 is 0.974 bits per heavy atom. The van der Waals surface area contributed by atoms with Gasteiger partial charge < -0.3 is 25.8 Å². The SMILES string of the molecule is CN(C)c1ccc2c(Nc3ccc(C(=O)Nc4cccc(NC5C=C(Cl)C=CN5C)c4)cc3)ccnc2c1. The lowest BCUT2D eigenvalue weighted by Crippen LogP contribution is -2.34. The number of halogens is 1. The minimum Gasteiger partial charge on any atom is -0.378 e. The third-order valence-electron chi connectivity index (χ3n) is 6.33. The number of rotatable bonds is 7. The van der Waals surface area contributed by atoms with Crippen LogP contribution in [-0.4, -0.2) is 43.1 Å². The van der Waals surface area contributed by atoms with Crippen LogP contribution in [0.3, 0.4) is 0 Å². The Morgan fingerprint density at radius 2 is 1.76 bits per heavy atom. The predicted octanol–water partition coefficient (Wildman–Crippen LogP) is 6.62. The van der Waals surface area contributed by atoms with Crippen LogP contribution in [0, 0.1) is 0 Å². The van der Waals surface area contributed by atoms with Gasteiger partial charge in [-0.25, -0.2) is 0 Å². The summed E-state index contributed by atoms with van der Waals surface area (Å²) in [5, 5.41) is 11.6. The van der Waals surface area contributed by atoms with Gasteiger partial charge in [-0.15, -0.1) is 0 Å². The molecule has 8 heteroatoms. The van der Waals surface area contributed by atoms with Crippen molar-refractivity contribution in [1.82, 2.24) is 9.88 Å². The van der Waals surface area contributed by atoms with E-state index in [2.05, 4.69) is 44.0 Å². The molecule has 38 heavy (non-hydrogen) atoms. The topological polar surface area (TPSA) is 72.5 Å². The fourth-order valence-corrected chi connectivity index (χ4v) is 4.37. The minimum atomic E-state index is -0.181. The second-order valence-electron chi connectivity index (χ2n) is 9.31. The molecule has 2 heterocycles. The van der Waals surface area contributed by atoms with Gasteiger partial charge in [-0.2, -0.15) is 0 Å². The van der Waals surface area contributed by atoms with Crippen LogP contribution in [0.2, 0.25) is 0 Å². The van der Waals surface area contributed by atoms with Gasteiger partial charge >= 0.3 is 0 Å². The van der Waals surface area contributed by atoms with Gasteiger partial charge in [-0.05, 0) is 78.9 Å². The number of carbonyl (C=O) groups excluding carboxylic acids is 1. The van der Waals surface area contributed by atoms with E-state index in [-0.39, 0.29) is 12.1 Å². The minimum absolute atomic E-state index is 0.0777. The maximum Gasteiger partial charge on any atom is 0.255 e. The summed E-state index contributed by atoms with van der Waals surface area (Å²) in [5.74, 6) is -0.181. The second-order valence-corrected chi connectivity index (χ2v) is 9.75. The maximum absolute atomic E-state index is 12.9. The molecular formula is C30H29ClN6O. The van der Waals surface area contributed by atoms with Crippen LogP contribution in [0.1, 0.15) is 10.4 Å². The quantitative estimate of drug-likeness (QED) is 0.252. The van der Waals surface area contributed by atoms with Crippen molar-refractivity contribution in [2.45, 2.75) is 6.17 Å². The van der Waals surface area contributed by atoms with Crippen molar-refractivity contribution in [3.63, 3.8) is 0 Å². The Hall–Kier alpha value is -4.49. The molecule has 0 spiro atoms. The van der Waals surface area contributed by atoms with E-state index in [1.54, 1.807) is 6.20 Å². The Morgan fingerprint density at radius 3 is 2.55 bits per heavy atom. The Bertz CT molecular complexity index is 1530. The lowest BCUT2D eigenvalue weighted by Gasteiger charge is -2.28. The highest BCUT2D eigenvalue weighted by Gasteiger charge is 2.14. The number of allylic oxidation sites excluding steroid dienone is 2. The molecule has 5 rings (SSSR count). The van der Waals surface area contributed by atoms with Crippen LogP contribution >= 0.6 is 11.6 Å². The summed E-state index contributed by atoms with van der Waals surface area (Å²) in [7, 11) is 5.99. The van der Waals surface area contributed by atoms with E-state index in [1.807, 2.05) is 99.0 Å². The monoisotopic (exact) mass is 524 g/mol. The molecule has 1 aliphatic heterocycles. The molecule has 3 N–H and O–H groups in total. The Kier molecular flexibility index (Phi) is 7.20. The van der Waals surface area contributed by atoms with Gasteiger partial charge in [0.1, 0.15) is 6.17 Å². The van der Waals surface area contributed by atoms with E-state index in [1.165, 1.54) is 0 Å². The highest BCUT2D eigenvalue weighted by molar-refractivity contribution is 6.31. The normalized spacial score (nSPS) is 14.7. The van der Waals surface area contributed by atoms with Crippen molar-refractivity contribution in [2.75, 3.05) is 42.0 Å². The molecule has 1 amide bonds. The third-order valence-corrected chi connectivity index (χ3v) is 6.58. The maximum atomic E-state index is 12.9. The fourth-order valence-electron chi connectivity index (χ4n) is 4.19. The van der Waals surface area contributed by atoms with Crippen LogP contribution in [0.4, 0.5) is 28.4 Å². The number of pyridine rings is 1. The molecule has 0 fully saturated rings. The fraction of sp³-hybridized carbons (Fsp3) is 0.133. The van der Waals surface area contributed by atoms with Crippen molar-refractivity contribution in [2.24, 2.45) is 0 Å². The molecule has 192 valence electrons. The van der Waals surface area contributed by atoms with E-state index >= 15 is 0 Å². The highest BCUT2D eigenvalue weighted by Crippen LogP contribution is 2.28. The molecule has 1 atom stereocenters. The molecule has 4 aromatic rings. The molecule has 0 bridgehead atoms. The molecule has 0 saturated carbocycles. The number of likely N-dealkylation sites (N-methyl/N-ethyl adjacent to an activating group) is 1. The van der Waals surface area contributed by atoms with Gasteiger partial charge in [-0.3, -0.25) is 9.78 Å². The summed E-state index contributed by atoms with van der Waals surface area (Å²) in [6.45, 7) is 0. The number of aromatic nitrogens is 1. The van der Waals surface area contributed by atoms with Crippen LogP contribution < -0.4 is 20.9 Å². The summed E-state index contributed by atoms with van der Waals surface area (Å²) in [4.78, 5) is 21.5. The van der Waals surface area contributed by atoms with Gasteiger partial charge in [0.05, 0.1) is 5.52 Å². The van der Waals surface area contributed by atoms with E-state index in [0.29, 0.717) is 16.3 Å². The number of nitrogens with zero attached hydrogens (tertiary/aromatic N) is 3. The first-order chi connectivity index (χ1) is 18.4. The van der Waals surface area contributed by atoms with Crippen LogP contribution in [0.5, 0.6) is 0 Å². The first kappa shape index (κ1) is 25.2. The largest absolute Gasteiger partial charge is 0.378 e. The zero-order chi connectivity index (χ0) is 26.6. The lowest BCUT2D eigenvalue weighted by atomic mass is 10.1. The summed E-state index contributed by atoms with van der Waals surface area (Å²) < 4.78 is 0. The zero-order valence-electron chi connectivity index (χ0n) is 21.4. The predicted molar refractivity (Wildman–Crippen MR) is 158 cm³/mol. The van der Waals surface area contributed by atoms with E-state index in [9.17, 15) is 4.79 Å². The average Bonchev–Trinajstić information content (AvgIpc) is 2.91. The number of hydrogen-bond acceptors (Lipinski definition) is 6. The highest BCUT2D eigenvalue weighted by atomic mass is 35.5. The summed E-state index contributed by atoms with van der Waals surface area (Å²) in [6.07, 6.45) is 7.41. The second kappa shape index (κ2) is 10.9. The standard InChI is InChI=1S/C30H29ClN6O/c1-36(2)25-11-12-26-27(13-15-32-28(26)19-25)33-22-9-7-20(8-10-22)30(38)35-24-6-4-5-23(18-24)34-29-17-21(31)14-16-37(29)3/h4-19,29,34H,1-3H3,(H,32,33)(H,35,38). The summed E-state index contributed by atoms with van der Waals surface area (Å²) in [5.41, 5.74) is 5.99. The molecule has 1 aromatic heterocycles. The van der Waals surface area contributed by atoms with Crippen molar-refractivity contribution < 1.29 is 4.79 Å². The lowest BCUT2D eigenvalue weighted by molar-refractivity contribution is 0.102. The number of amides is 1. The summed E-state index contributed by atoms with van der Waals surface area (Å²) >= 11 is 6.15. The van der Waals surface area contributed by atoms with Gasteiger partial charge in [-0.1, -0.05) is 17.7 Å². The first-order valence-electron chi connectivity index (χ1n) is 12.2. The van der Waals surface area contributed by atoms with E-state index < -0.39 is 0 Å². The van der Waals surface area contributed by atoms with Gasteiger partial charge in [0.25, 0.3) is 5.91 Å².